The minimum Gasteiger partial charge on any atom is -0.341 e. The number of nitrogens with one attached hydrogen (secondary N) is 1. The lowest BCUT2D eigenvalue weighted by atomic mass is 10.2. The van der Waals surface area contributed by atoms with E-state index in [-0.39, 0.29) is 6.54 Å². The van der Waals surface area contributed by atoms with E-state index < -0.39 is 0 Å². The summed E-state index contributed by atoms with van der Waals surface area (Å²) in [5, 5.41) is 11.2. The first kappa shape index (κ1) is 10.1. The summed E-state index contributed by atoms with van der Waals surface area (Å²) in [7, 11) is 0. The van der Waals surface area contributed by atoms with Crippen molar-refractivity contribution in [3.05, 3.63) is 36.9 Å². The molecule has 1 N–H and O–H groups in total. The number of aromatic nitrogens is 3. The predicted molar refractivity (Wildman–Crippen MR) is 59.4 cm³/mol. The highest BCUT2D eigenvalue weighted by atomic mass is 15.1. The predicted octanol–water partition coefficient (Wildman–Crippen LogP) is 1.47. The van der Waals surface area contributed by atoms with Crippen LogP contribution in [-0.4, -0.2) is 21.5 Å². The first-order valence-electron chi connectivity index (χ1n) is 4.73. The SMILES string of the molecule is N#CCNc1ncc(-c2cccnc2)cn1. The van der Waals surface area contributed by atoms with Crippen LogP contribution in [0.15, 0.2) is 36.9 Å². The molecule has 0 fully saturated rings. The van der Waals surface area contributed by atoms with Crippen LogP contribution in [0.1, 0.15) is 0 Å². The van der Waals surface area contributed by atoms with E-state index in [0.717, 1.165) is 11.1 Å². The molecular weight excluding hydrogens is 202 g/mol. The van der Waals surface area contributed by atoms with Gasteiger partial charge in [0.25, 0.3) is 0 Å². The fourth-order valence-electron chi connectivity index (χ4n) is 1.22. The van der Waals surface area contributed by atoms with E-state index in [1.54, 1.807) is 24.8 Å². The number of rotatable bonds is 3. The normalized spacial score (nSPS) is 9.44. The monoisotopic (exact) mass is 211 g/mol. The van der Waals surface area contributed by atoms with Gasteiger partial charge in [-0.2, -0.15) is 5.26 Å². The number of nitrogens with zero attached hydrogens (tertiary/aromatic N) is 4. The molecule has 5 nitrogen and oxygen atoms in total. The lowest BCUT2D eigenvalue weighted by Gasteiger charge is -2.02. The van der Waals surface area contributed by atoms with E-state index in [1.165, 1.54) is 0 Å². The van der Waals surface area contributed by atoms with Crippen molar-refractivity contribution in [1.29, 1.82) is 5.26 Å². The van der Waals surface area contributed by atoms with Gasteiger partial charge in [-0.05, 0) is 6.07 Å². The maximum absolute atomic E-state index is 8.38. The Morgan fingerprint density at radius 1 is 1.19 bits per heavy atom. The summed E-state index contributed by atoms with van der Waals surface area (Å²) in [5.41, 5.74) is 1.87. The maximum atomic E-state index is 8.38. The van der Waals surface area contributed by atoms with Gasteiger partial charge in [0.15, 0.2) is 0 Å². The zero-order valence-electron chi connectivity index (χ0n) is 8.46. The molecule has 78 valence electrons. The summed E-state index contributed by atoms with van der Waals surface area (Å²) in [6, 6.07) is 5.76. The van der Waals surface area contributed by atoms with Crippen LogP contribution >= 0.6 is 0 Å². The number of hydrogen-bond donors (Lipinski definition) is 1. The van der Waals surface area contributed by atoms with Gasteiger partial charge in [0.2, 0.25) is 5.95 Å². The van der Waals surface area contributed by atoms with Crippen molar-refractivity contribution >= 4 is 5.95 Å². The molecule has 0 aromatic carbocycles. The van der Waals surface area contributed by atoms with Crippen LogP contribution in [-0.2, 0) is 0 Å². The van der Waals surface area contributed by atoms with E-state index >= 15 is 0 Å². The standard InChI is InChI=1S/C11H9N5/c12-3-5-14-11-15-7-10(8-16-11)9-2-1-4-13-6-9/h1-2,4,6-8H,5H2,(H,14,15,16). The molecule has 0 atom stereocenters. The van der Waals surface area contributed by atoms with E-state index in [9.17, 15) is 0 Å². The van der Waals surface area contributed by atoms with Crippen LogP contribution in [0.3, 0.4) is 0 Å². The molecular formula is C11H9N5. The van der Waals surface area contributed by atoms with Crippen molar-refractivity contribution in [2.24, 2.45) is 0 Å². The number of pyridine rings is 1. The van der Waals surface area contributed by atoms with Gasteiger partial charge in [0.1, 0.15) is 6.54 Å². The van der Waals surface area contributed by atoms with Crippen molar-refractivity contribution in [3.63, 3.8) is 0 Å². The second kappa shape index (κ2) is 4.84. The molecule has 0 bridgehead atoms. The average molecular weight is 211 g/mol. The van der Waals surface area contributed by atoms with Gasteiger partial charge in [-0.25, -0.2) is 9.97 Å². The van der Waals surface area contributed by atoms with E-state index in [0.29, 0.717) is 5.95 Å². The fraction of sp³-hybridized carbons (Fsp3) is 0.0909. The Labute approximate surface area is 92.8 Å². The third kappa shape index (κ3) is 2.30. The fourth-order valence-corrected chi connectivity index (χ4v) is 1.22. The molecule has 0 aliphatic heterocycles. The van der Waals surface area contributed by atoms with Crippen molar-refractivity contribution in [1.82, 2.24) is 15.0 Å². The topological polar surface area (TPSA) is 74.5 Å². The van der Waals surface area contributed by atoms with E-state index in [1.807, 2.05) is 18.2 Å². The van der Waals surface area contributed by atoms with Gasteiger partial charge in [0, 0.05) is 35.9 Å². The Bertz CT molecular complexity index is 486. The molecule has 0 aliphatic carbocycles. The smallest absolute Gasteiger partial charge is 0.223 e. The molecule has 0 radical (unpaired) electrons. The molecule has 0 amide bonds. The van der Waals surface area contributed by atoms with E-state index in [4.69, 9.17) is 5.26 Å². The second-order valence-corrected chi connectivity index (χ2v) is 3.05. The van der Waals surface area contributed by atoms with Gasteiger partial charge < -0.3 is 5.32 Å². The van der Waals surface area contributed by atoms with Crippen LogP contribution in [0, 0.1) is 11.3 Å². The second-order valence-electron chi connectivity index (χ2n) is 3.05. The van der Waals surface area contributed by atoms with Crippen molar-refractivity contribution < 1.29 is 0 Å². The summed E-state index contributed by atoms with van der Waals surface area (Å²) in [6.45, 7) is 0.201. The third-order valence-corrected chi connectivity index (χ3v) is 1.97. The van der Waals surface area contributed by atoms with Crippen LogP contribution in [0.4, 0.5) is 5.95 Å². The van der Waals surface area contributed by atoms with Crippen LogP contribution < -0.4 is 5.32 Å². The lowest BCUT2D eigenvalue weighted by Crippen LogP contribution is -2.02. The minimum absolute atomic E-state index is 0.201. The third-order valence-electron chi connectivity index (χ3n) is 1.97. The average Bonchev–Trinajstić information content (AvgIpc) is 2.38. The molecule has 2 aromatic heterocycles. The molecule has 0 saturated heterocycles. The summed E-state index contributed by atoms with van der Waals surface area (Å²) in [5.74, 6) is 0.453. The highest BCUT2D eigenvalue weighted by molar-refractivity contribution is 5.60. The summed E-state index contributed by atoms with van der Waals surface area (Å²) in [4.78, 5) is 12.2. The van der Waals surface area contributed by atoms with Crippen molar-refractivity contribution in [3.8, 4) is 17.2 Å². The van der Waals surface area contributed by atoms with Gasteiger partial charge >= 0.3 is 0 Å². The van der Waals surface area contributed by atoms with Gasteiger partial charge in [-0.3, -0.25) is 4.98 Å². The summed E-state index contributed by atoms with van der Waals surface area (Å²) in [6.07, 6.45) is 6.86. The lowest BCUT2D eigenvalue weighted by molar-refractivity contribution is 1.12. The zero-order valence-corrected chi connectivity index (χ0v) is 8.46. The first-order valence-corrected chi connectivity index (χ1v) is 4.73. The quantitative estimate of drug-likeness (QED) is 0.778. The molecule has 0 unspecified atom stereocenters. The zero-order chi connectivity index (χ0) is 11.2. The summed E-state index contributed by atoms with van der Waals surface area (Å²) < 4.78 is 0. The van der Waals surface area contributed by atoms with Crippen LogP contribution in [0.25, 0.3) is 11.1 Å². The Balaban J connectivity index is 2.17. The maximum Gasteiger partial charge on any atom is 0.223 e. The molecule has 2 aromatic rings. The minimum atomic E-state index is 0.201. The first-order chi connectivity index (χ1) is 7.90. The molecule has 5 heteroatoms. The Hall–Kier alpha value is -2.48. The highest BCUT2D eigenvalue weighted by Crippen LogP contribution is 2.15. The Morgan fingerprint density at radius 3 is 2.62 bits per heavy atom. The van der Waals surface area contributed by atoms with Crippen LogP contribution in [0.2, 0.25) is 0 Å². The van der Waals surface area contributed by atoms with Crippen LogP contribution in [0.5, 0.6) is 0 Å². The van der Waals surface area contributed by atoms with E-state index in [2.05, 4.69) is 20.3 Å². The van der Waals surface area contributed by atoms with Crippen molar-refractivity contribution in [2.45, 2.75) is 0 Å². The Morgan fingerprint density at radius 2 is 2.00 bits per heavy atom. The molecule has 0 aliphatic rings. The molecule has 0 saturated carbocycles. The van der Waals surface area contributed by atoms with Gasteiger partial charge in [0.05, 0.1) is 6.07 Å². The number of hydrogen-bond acceptors (Lipinski definition) is 5. The van der Waals surface area contributed by atoms with Crippen molar-refractivity contribution in [2.75, 3.05) is 11.9 Å². The number of nitriles is 1. The molecule has 2 rings (SSSR count). The molecule has 16 heavy (non-hydrogen) atoms. The highest BCUT2D eigenvalue weighted by Gasteiger charge is 1.99. The molecule has 0 spiro atoms. The van der Waals surface area contributed by atoms with Gasteiger partial charge in [-0.15, -0.1) is 0 Å². The molecule has 2 heterocycles. The largest absolute Gasteiger partial charge is 0.341 e. The Kier molecular flexibility index (Phi) is 3.04. The number of anilines is 1. The summed E-state index contributed by atoms with van der Waals surface area (Å²) >= 11 is 0. The van der Waals surface area contributed by atoms with Gasteiger partial charge in [-0.1, -0.05) is 6.07 Å².